The third kappa shape index (κ3) is 2.67. The van der Waals surface area contributed by atoms with E-state index in [0.717, 1.165) is 16.7 Å². The van der Waals surface area contributed by atoms with Crippen LogP contribution in [0.4, 0.5) is 0 Å². The van der Waals surface area contributed by atoms with Crippen LogP contribution in [0.25, 0.3) is 11.0 Å². The van der Waals surface area contributed by atoms with Gasteiger partial charge in [-0.25, -0.2) is 9.97 Å². The van der Waals surface area contributed by atoms with Crippen molar-refractivity contribution in [1.82, 2.24) is 9.97 Å². The third-order valence-corrected chi connectivity index (χ3v) is 2.54. The number of allylic oxidation sites excluding steroid dienone is 1. The van der Waals surface area contributed by atoms with E-state index in [9.17, 15) is 0 Å². The molecule has 0 saturated carbocycles. The van der Waals surface area contributed by atoms with E-state index in [2.05, 4.69) is 16.5 Å². The molecule has 94 valence electrons. The number of aromatic nitrogens is 2. The molecular formula is C15H18N2O. The second-order valence-corrected chi connectivity index (χ2v) is 4.63. The summed E-state index contributed by atoms with van der Waals surface area (Å²) in [6.45, 7) is 9.76. The maximum Gasteiger partial charge on any atom is 0.236 e. The quantitative estimate of drug-likeness (QED) is 0.770. The fourth-order valence-corrected chi connectivity index (χ4v) is 1.77. The zero-order chi connectivity index (χ0) is 13.1. The van der Waals surface area contributed by atoms with Crippen molar-refractivity contribution in [2.24, 2.45) is 0 Å². The van der Waals surface area contributed by atoms with Gasteiger partial charge in [0, 0.05) is 6.42 Å². The van der Waals surface area contributed by atoms with E-state index in [0.29, 0.717) is 12.3 Å². The summed E-state index contributed by atoms with van der Waals surface area (Å²) in [7, 11) is 0. The van der Waals surface area contributed by atoms with E-state index in [1.807, 2.05) is 45.0 Å². The molecule has 0 radical (unpaired) electrons. The van der Waals surface area contributed by atoms with Gasteiger partial charge in [-0.2, -0.15) is 0 Å². The Bertz CT molecular complexity index is 576. The van der Waals surface area contributed by atoms with E-state index >= 15 is 0 Å². The Morgan fingerprint density at radius 2 is 2.06 bits per heavy atom. The topological polar surface area (TPSA) is 35.0 Å². The van der Waals surface area contributed by atoms with E-state index in [1.54, 1.807) is 0 Å². The molecule has 0 spiro atoms. The molecule has 18 heavy (non-hydrogen) atoms. The second kappa shape index (κ2) is 5.17. The van der Waals surface area contributed by atoms with Crippen LogP contribution in [0.5, 0.6) is 5.88 Å². The molecule has 0 aliphatic rings. The monoisotopic (exact) mass is 242 g/mol. The van der Waals surface area contributed by atoms with Gasteiger partial charge in [0.15, 0.2) is 0 Å². The molecular weight excluding hydrogens is 224 g/mol. The molecule has 0 aliphatic heterocycles. The van der Waals surface area contributed by atoms with Crippen molar-refractivity contribution < 1.29 is 4.74 Å². The number of benzene rings is 1. The molecule has 0 amide bonds. The summed E-state index contributed by atoms with van der Waals surface area (Å²) >= 11 is 0. The first-order valence-electron chi connectivity index (χ1n) is 6.15. The van der Waals surface area contributed by atoms with Crippen LogP contribution in [0, 0.1) is 6.92 Å². The molecule has 2 rings (SSSR count). The van der Waals surface area contributed by atoms with Crippen LogP contribution in [-0.2, 0) is 6.42 Å². The zero-order valence-electron chi connectivity index (χ0n) is 11.1. The van der Waals surface area contributed by atoms with Crippen LogP contribution in [0.1, 0.15) is 25.1 Å². The molecule has 0 aliphatic carbocycles. The zero-order valence-corrected chi connectivity index (χ0v) is 11.1. The summed E-state index contributed by atoms with van der Waals surface area (Å²) in [6.07, 6.45) is 2.57. The lowest BCUT2D eigenvalue weighted by Gasteiger charge is -2.12. The van der Waals surface area contributed by atoms with Gasteiger partial charge in [0.1, 0.15) is 5.69 Å². The smallest absolute Gasteiger partial charge is 0.236 e. The molecule has 0 saturated heterocycles. The second-order valence-electron chi connectivity index (χ2n) is 4.63. The fourth-order valence-electron chi connectivity index (χ4n) is 1.77. The lowest BCUT2D eigenvalue weighted by Crippen LogP contribution is -2.10. The number of hydrogen-bond acceptors (Lipinski definition) is 3. The van der Waals surface area contributed by atoms with Crippen LogP contribution in [-0.4, -0.2) is 16.1 Å². The predicted molar refractivity (Wildman–Crippen MR) is 73.9 cm³/mol. The average Bonchev–Trinajstić information content (AvgIpc) is 2.30. The molecule has 3 heteroatoms. The Kier molecular flexibility index (Phi) is 3.60. The van der Waals surface area contributed by atoms with Crippen molar-refractivity contribution in [2.45, 2.75) is 33.3 Å². The van der Waals surface area contributed by atoms with E-state index in [4.69, 9.17) is 4.74 Å². The molecule has 1 heterocycles. The van der Waals surface area contributed by atoms with Gasteiger partial charge in [0.2, 0.25) is 5.88 Å². The molecule has 0 unspecified atom stereocenters. The van der Waals surface area contributed by atoms with Gasteiger partial charge in [-0.05, 0) is 38.5 Å². The summed E-state index contributed by atoms with van der Waals surface area (Å²) < 4.78 is 5.72. The largest absolute Gasteiger partial charge is 0.474 e. The first kappa shape index (κ1) is 12.6. The fraction of sp³-hybridized carbons (Fsp3) is 0.333. The van der Waals surface area contributed by atoms with Crippen LogP contribution < -0.4 is 4.74 Å². The molecule has 2 aromatic rings. The predicted octanol–water partition coefficient (Wildman–Crippen LogP) is 3.45. The van der Waals surface area contributed by atoms with Gasteiger partial charge >= 0.3 is 0 Å². The lowest BCUT2D eigenvalue weighted by molar-refractivity contribution is 0.230. The van der Waals surface area contributed by atoms with E-state index in [-0.39, 0.29) is 6.10 Å². The summed E-state index contributed by atoms with van der Waals surface area (Å²) in [5, 5.41) is 0. The van der Waals surface area contributed by atoms with Gasteiger partial charge in [-0.3, -0.25) is 0 Å². The summed E-state index contributed by atoms with van der Waals surface area (Å²) in [5.41, 5.74) is 3.78. The first-order chi connectivity index (χ1) is 8.60. The van der Waals surface area contributed by atoms with Gasteiger partial charge in [-0.15, -0.1) is 6.58 Å². The van der Waals surface area contributed by atoms with Crippen molar-refractivity contribution >= 4 is 11.0 Å². The lowest BCUT2D eigenvalue weighted by atomic mass is 10.2. The highest BCUT2D eigenvalue weighted by Gasteiger charge is 2.10. The highest BCUT2D eigenvalue weighted by atomic mass is 16.5. The minimum Gasteiger partial charge on any atom is -0.474 e. The Morgan fingerprint density at radius 1 is 1.28 bits per heavy atom. The highest BCUT2D eigenvalue weighted by molar-refractivity contribution is 5.75. The van der Waals surface area contributed by atoms with Crippen molar-refractivity contribution in [2.75, 3.05) is 0 Å². The first-order valence-corrected chi connectivity index (χ1v) is 6.15. The standard InChI is InChI=1S/C15H18N2O/c1-5-6-13-15(18-10(2)3)17-14-9-11(4)7-8-12(14)16-13/h5,7-10H,1,6H2,2-4H3. The number of hydrogen-bond donors (Lipinski definition) is 0. The Hall–Kier alpha value is -1.90. The minimum absolute atomic E-state index is 0.0881. The molecule has 0 N–H and O–H groups in total. The van der Waals surface area contributed by atoms with Crippen LogP contribution >= 0.6 is 0 Å². The maximum absolute atomic E-state index is 5.72. The molecule has 1 aromatic carbocycles. The summed E-state index contributed by atoms with van der Waals surface area (Å²) in [5.74, 6) is 0.614. The van der Waals surface area contributed by atoms with Crippen molar-refractivity contribution in [1.29, 1.82) is 0 Å². The number of ether oxygens (including phenoxy) is 1. The number of aryl methyl sites for hydroxylation is 1. The van der Waals surface area contributed by atoms with Crippen molar-refractivity contribution in [3.05, 3.63) is 42.1 Å². The molecule has 0 fully saturated rings. The van der Waals surface area contributed by atoms with Gasteiger partial charge in [0.05, 0.1) is 17.1 Å². The number of fused-ring (bicyclic) bond motifs is 1. The molecule has 0 bridgehead atoms. The SMILES string of the molecule is C=CCc1nc2ccc(C)cc2nc1OC(C)C. The molecule has 0 atom stereocenters. The Balaban J connectivity index is 2.56. The minimum atomic E-state index is 0.0881. The van der Waals surface area contributed by atoms with Crippen molar-refractivity contribution in [3.63, 3.8) is 0 Å². The highest BCUT2D eigenvalue weighted by Crippen LogP contribution is 2.21. The summed E-state index contributed by atoms with van der Waals surface area (Å²) in [4.78, 5) is 9.16. The normalized spacial score (nSPS) is 10.9. The van der Waals surface area contributed by atoms with E-state index in [1.165, 1.54) is 5.56 Å². The van der Waals surface area contributed by atoms with Crippen LogP contribution in [0.3, 0.4) is 0 Å². The molecule has 3 nitrogen and oxygen atoms in total. The van der Waals surface area contributed by atoms with Gasteiger partial charge in [-0.1, -0.05) is 12.1 Å². The number of rotatable bonds is 4. The Morgan fingerprint density at radius 3 is 2.72 bits per heavy atom. The van der Waals surface area contributed by atoms with Gasteiger partial charge < -0.3 is 4.74 Å². The van der Waals surface area contributed by atoms with Crippen molar-refractivity contribution in [3.8, 4) is 5.88 Å². The van der Waals surface area contributed by atoms with Gasteiger partial charge in [0.25, 0.3) is 0 Å². The number of nitrogens with zero attached hydrogens (tertiary/aromatic N) is 2. The maximum atomic E-state index is 5.72. The average molecular weight is 242 g/mol. The summed E-state index contributed by atoms with van der Waals surface area (Å²) in [6, 6.07) is 6.05. The van der Waals surface area contributed by atoms with Crippen LogP contribution in [0.2, 0.25) is 0 Å². The van der Waals surface area contributed by atoms with E-state index < -0.39 is 0 Å². The third-order valence-electron chi connectivity index (χ3n) is 2.54. The molecule has 1 aromatic heterocycles. The van der Waals surface area contributed by atoms with Crippen LogP contribution in [0.15, 0.2) is 30.9 Å². The Labute approximate surface area is 108 Å².